The van der Waals surface area contributed by atoms with E-state index in [-0.39, 0.29) is 18.3 Å². The van der Waals surface area contributed by atoms with E-state index in [1.54, 1.807) is 17.1 Å². The molecule has 6 heteroatoms. The maximum absolute atomic E-state index is 11.9. The van der Waals surface area contributed by atoms with Gasteiger partial charge in [0, 0.05) is 12.7 Å². The Morgan fingerprint density at radius 3 is 2.71 bits per heavy atom. The molecule has 0 spiro atoms. The third-order valence-corrected chi connectivity index (χ3v) is 3.00. The van der Waals surface area contributed by atoms with Crippen LogP contribution in [0, 0.1) is 0 Å². The summed E-state index contributed by atoms with van der Waals surface area (Å²) in [5.74, 6) is -0.0821. The summed E-state index contributed by atoms with van der Waals surface area (Å²) in [7, 11) is 0. The van der Waals surface area contributed by atoms with Crippen LogP contribution in [0.1, 0.15) is 28.8 Å². The number of amides is 1. The average Bonchev–Trinajstić information content (AvgIpc) is 2.93. The Morgan fingerprint density at radius 2 is 2.00 bits per heavy atom. The standard InChI is InChI=1S/C15H20N4O.ClH/c16-8-4-5-9-17-15(20)14-10-18-19(12-14)11-13-6-2-1-3-7-13;/h1-3,6-7,10,12H,4-5,8-9,11,16H2,(H,17,20);1H. The molecule has 0 fully saturated rings. The number of nitrogens with zero attached hydrogens (tertiary/aromatic N) is 2. The van der Waals surface area contributed by atoms with Crippen LogP contribution in [0.5, 0.6) is 0 Å². The molecule has 114 valence electrons. The SMILES string of the molecule is Cl.NCCCCNC(=O)c1cnn(Cc2ccccc2)c1. The van der Waals surface area contributed by atoms with Crippen LogP contribution in [-0.4, -0.2) is 28.8 Å². The highest BCUT2D eigenvalue weighted by molar-refractivity contribution is 5.93. The minimum atomic E-state index is -0.0821. The Morgan fingerprint density at radius 1 is 1.24 bits per heavy atom. The smallest absolute Gasteiger partial charge is 0.254 e. The summed E-state index contributed by atoms with van der Waals surface area (Å²) in [6.07, 6.45) is 5.19. The van der Waals surface area contributed by atoms with Gasteiger partial charge in [0.15, 0.2) is 0 Å². The zero-order valence-corrected chi connectivity index (χ0v) is 12.7. The Labute approximate surface area is 130 Å². The van der Waals surface area contributed by atoms with E-state index in [2.05, 4.69) is 10.4 Å². The van der Waals surface area contributed by atoms with Gasteiger partial charge in [0.1, 0.15) is 0 Å². The number of hydrogen-bond donors (Lipinski definition) is 2. The summed E-state index contributed by atoms with van der Waals surface area (Å²) in [6.45, 7) is 1.98. The third-order valence-electron chi connectivity index (χ3n) is 3.00. The van der Waals surface area contributed by atoms with Crippen molar-refractivity contribution in [3.8, 4) is 0 Å². The van der Waals surface area contributed by atoms with Crippen molar-refractivity contribution in [3.63, 3.8) is 0 Å². The monoisotopic (exact) mass is 308 g/mol. The lowest BCUT2D eigenvalue weighted by Gasteiger charge is -2.02. The molecule has 0 aliphatic carbocycles. The lowest BCUT2D eigenvalue weighted by Crippen LogP contribution is -2.24. The van der Waals surface area contributed by atoms with Crippen molar-refractivity contribution in [2.75, 3.05) is 13.1 Å². The van der Waals surface area contributed by atoms with Crippen LogP contribution in [0.4, 0.5) is 0 Å². The molecule has 5 nitrogen and oxygen atoms in total. The molecule has 1 heterocycles. The number of carbonyl (C=O) groups excluding carboxylic acids is 1. The van der Waals surface area contributed by atoms with Gasteiger partial charge in [-0.15, -0.1) is 12.4 Å². The van der Waals surface area contributed by atoms with Gasteiger partial charge < -0.3 is 11.1 Å². The third kappa shape index (κ3) is 5.57. The van der Waals surface area contributed by atoms with Crippen LogP contribution < -0.4 is 11.1 Å². The van der Waals surface area contributed by atoms with E-state index in [0.29, 0.717) is 25.2 Å². The molecule has 0 saturated carbocycles. The first-order chi connectivity index (χ1) is 9.79. The first kappa shape index (κ1) is 17.2. The zero-order valence-electron chi connectivity index (χ0n) is 11.9. The summed E-state index contributed by atoms with van der Waals surface area (Å²) < 4.78 is 1.77. The molecule has 0 radical (unpaired) electrons. The molecule has 0 aliphatic heterocycles. The Balaban J connectivity index is 0.00000220. The molecular formula is C15H21ClN4O. The molecule has 0 saturated heterocycles. The van der Waals surface area contributed by atoms with Gasteiger partial charge in [-0.1, -0.05) is 30.3 Å². The van der Waals surface area contributed by atoms with Crippen molar-refractivity contribution in [1.29, 1.82) is 0 Å². The molecule has 3 N–H and O–H groups in total. The molecule has 2 aromatic rings. The number of benzene rings is 1. The molecule has 0 atom stereocenters. The molecular weight excluding hydrogens is 288 g/mol. The Hall–Kier alpha value is -1.85. The maximum Gasteiger partial charge on any atom is 0.254 e. The van der Waals surface area contributed by atoms with Crippen LogP contribution in [-0.2, 0) is 6.54 Å². The van der Waals surface area contributed by atoms with E-state index < -0.39 is 0 Å². The van der Waals surface area contributed by atoms with Gasteiger partial charge in [-0.3, -0.25) is 9.48 Å². The minimum Gasteiger partial charge on any atom is -0.352 e. The van der Waals surface area contributed by atoms with Crippen molar-refractivity contribution in [2.45, 2.75) is 19.4 Å². The highest BCUT2D eigenvalue weighted by Gasteiger charge is 2.07. The summed E-state index contributed by atoms with van der Waals surface area (Å²) in [4.78, 5) is 11.9. The zero-order chi connectivity index (χ0) is 14.2. The van der Waals surface area contributed by atoms with Crippen LogP contribution >= 0.6 is 12.4 Å². The summed E-state index contributed by atoms with van der Waals surface area (Å²) in [5.41, 5.74) is 7.16. The van der Waals surface area contributed by atoms with Crippen LogP contribution in [0.15, 0.2) is 42.7 Å². The normalized spacial score (nSPS) is 9.95. The van der Waals surface area contributed by atoms with E-state index in [0.717, 1.165) is 18.4 Å². The largest absolute Gasteiger partial charge is 0.352 e. The van der Waals surface area contributed by atoms with Crippen molar-refractivity contribution in [2.24, 2.45) is 5.73 Å². The van der Waals surface area contributed by atoms with Crippen LogP contribution in [0.3, 0.4) is 0 Å². The Bertz CT molecular complexity index is 542. The maximum atomic E-state index is 11.9. The highest BCUT2D eigenvalue weighted by atomic mass is 35.5. The summed E-state index contributed by atoms with van der Waals surface area (Å²) in [5, 5.41) is 7.08. The lowest BCUT2D eigenvalue weighted by atomic mass is 10.2. The fourth-order valence-corrected chi connectivity index (χ4v) is 1.91. The van der Waals surface area contributed by atoms with Gasteiger partial charge in [-0.2, -0.15) is 5.10 Å². The predicted octanol–water partition coefficient (Wildman–Crippen LogP) is 1.82. The molecule has 2 rings (SSSR count). The van der Waals surface area contributed by atoms with E-state index in [4.69, 9.17) is 5.73 Å². The lowest BCUT2D eigenvalue weighted by molar-refractivity contribution is 0.0953. The van der Waals surface area contributed by atoms with Gasteiger partial charge in [-0.05, 0) is 24.9 Å². The number of unbranched alkanes of at least 4 members (excludes halogenated alkanes) is 1. The van der Waals surface area contributed by atoms with Crippen molar-refractivity contribution in [1.82, 2.24) is 15.1 Å². The van der Waals surface area contributed by atoms with Gasteiger partial charge >= 0.3 is 0 Å². The average molecular weight is 309 g/mol. The van der Waals surface area contributed by atoms with Crippen molar-refractivity contribution >= 4 is 18.3 Å². The number of aromatic nitrogens is 2. The number of nitrogens with one attached hydrogen (secondary N) is 1. The number of hydrogen-bond acceptors (Lipinski definition) is 3. The first-order valence-corrected chi connectivity index (χ1v) is 6.84. The van der Waals surface area contributed by atoms with E-state index in [9.17, 15) is 4.79 Å². The highest BCUT2D eigenvalue weighted by Crippen LogP contribution is 2.04. The van der Waals surface area contributed by atoms with E-state index >= 15 is 0 Å². The molecule has 0 bridgehead atoms. The summed E-state index contributed by atoms with van der Waals surface area (Å²) >= 11 is 0. The second-order valence-electron chi connectivity index (χ2n) is 4.66. The van der Waals surface area contributed by atoms with Crippen LogP contribution in [0.2, 0.25) is 0 Å². The van der Waals surface area contributed by atoms with Crippen LogP contribution in [0.25, 0.3) is 0 Å². The molecule has 0 unspecified atom stereocenters. The van der Waals surface area contributed by atoms with Gasteiger partial charge in [0.25, 0.3) is 5.91 Å². The van der Waals surface area contributed by atoms with Gasteiger partial charge in [-0.25, -0.2) is 0 Å². The Kier molecular flexibility index (Phi) is 7.50. The number of carbonyl (C=O) groups is 1. The van der Waals surface area contributed by atoms with Crippen molar-refractivity contribution in [3.05, 3.63) is 53.9 Å². The van der Waals surface area contributed by atoms with Gasteiger partial charge in [0.05, 0.1) is 18.3 Å². The number of nitrogens with two attached hydrogens (primary N) is 1. The van der Waals surface area contributed by atoms with Gasteiger partial charge in [0.2, 0.25) is 0 Å². The van der Waals surface area contributed by atoms with E-state index in [1.807, 2.05) is 30.3 Å². The quantitative estimate of drug-likeness (QED) is 0.766. The molecule has 21 heavy (non-hydrogen) atoms. The summed E-state index contributed by atoms with van der Waals surface area (Å²) in [6, 6.07) is 10.0. The minimum absolute atomic E-state index is 0. The topological polar surface area (TPSA) is 72.9 Å². The first-order valence-electron chi connectivity index (χ1n) is 6.84. The number of rotatable bonds is 7. The second kappa shape index (κ2) is 9.15. The molecule has 0 aliphatic rings. The fraction of sp³-hybridized carbons (Fsp3) is 0.333. The predicted molar refractivity (Wildman–Crippen MR) is 85.6 cm³/mol. The molecule has 1 aromatic carbocycles. The van der Waals surface area contributed by atoms with Crippen molar-refractivity contribution < 1.29 is 4.79 Å². The fourth-order valence-electron chi connectivity index (χ4n) is 1.91. The number of halogens is 1. The molecule has 1 aromatic heterocycles. The second-order valence-corrected chi connectivity index (χ2v) is 4.66. The van der Waals surface area contributed by atoms with E-state index in [1.165, 1.54) is 0 Å². The molecule has 1 amide bonds.